The van der Waals surface area contributed by atoms with Gasteiger partial charge in [0.15, 0.2) is 0 Å². The fraction of sp³-hybridized carbons (Fsp3) is 0.375. The number of carbonyl (C=O) groups is 1. The Morgan fingerprint density at radius 3 is 2.17 bits per heavy atom. The Kier molecular flexibility index (Phi) is 11.3. The summed E-state index contributed by atoms with van der Waals surface area (Å²) in [5.41, 5.74) is 4.53. The summed E-state index contributed by atoms with van der Waals surface area (Å²) < 4.78 is 53.3. The van der Waals surface area contributed by atoms with Crippen molar-refractivity contribution in [2.75, 3.05) is 36.5 Å². The number of hydrogen-bond donors (Lipinski definition) is 0. The molecule has 0 fully saturated rings. The smallest absolute Gasteiger partial charge is 0.416 e. The molecule has 8 heteroatoms. The molecule has 0 bridgehead atoms. The average Bonchev–Trinajstić information content (AvgIpc) is 3.10. The molecule has 254 valence electrons. The molecule has 0 saturated heterocycles. The maximum absolute atomic E-state index is 13.8. The van der Waals surface area contributed by atoms with E-state index in [0.29, 0.717) is 29.3 Å². The second-order valence-corrected chi connectivity index (χ2v) is 12.2. The third kappa shape index (κ3) is 7.64. The van der Waals surface area contributed by atoms with E-state index in [1.54, 1.807) is 12.1 Å². The molecule has 0 amide bonds. The first kappa shape index (κ1) is 34.9. The highest BCUT2D eigenvalue weighted by atomic mass is 19.4. The number of ether oxygens (including phenoxy) is 2. The lowest BCUT2D eigenvalue weighted by molar-refractivity contribution is -0.137. The van der Waals surface area contributed by atoms with Crippen molar-refractivity contribution in [2.24, 2.45) is 0 Å². The first-order valence-corrected chi connectivity index (χ1v) is 17.0. The summed E-state index contributed by atoms with van der Waals surface area (Å²) in [6, 6.07) is 24.9. The number of halogens is 3. The highest BCUT2D eigenvalue weighted by Crippen LogP contribution is 2.50. The minimum absolute atomic E-state index is 0.387. The standard InChI is InChI=1S/C40H45F3N2O3/c1-5-8-9-10-11-14-24-45(30-17-15-16-28(25-30)40(41,42)43)31-21-23-36-35(26-31)38(32-18-12-13-19-33(32)39(46)47-4)34-22-20-29(27-37(34)48-36)44(6-2)7-3/h12-13,15-23,25-27,38H,5-11,14,24H2,1-4H3. The van der Waals surface area contributed by atoms with Gasteiger partial charge in [0.05, 0.1) is 18.2 Å². The van der Waals surface area contributed by atoms with E-state index >= 15 is 0 Å². The van der Waals surface area contributed by atoms with Gasteiger partial charge < -0.3 is 19.3 Å². The average molecular weight is 659 g/mol. The van der Waals surface area contributed by atoms with E-state index in [4.69, 9.17) is 9.47 Å². The van der Waals surface area contributed by atoms with E-state index in [-0.39, 0.29) is 5.92 Å². The summed E-state index contributed by atoms with van der Waals surface area (Å²) in [7, 11) is 1.37. The van der Waals surface area contributed by atoms with Crippen molar-refractivity contribution in [2.45, 2.75) is 71.4 Å². The molecule has 0 radical (unpaired) electrons. The maximum Gasteiger partial charge on any atom is 0.416 e. The summed E-state index contributed by atoms with van der Waals surface area (Å²) in [4.78, 5) is 17.3. The molecule has 1 aliphatic heterocycles. The maximum atomic E-state index is 13.8. The van der Waals surface area contributed by atoms with Gasteiger partial charge in [0.2, 0.25) is 0 Å². The number of hydrogen-bond acceptors (Lipinski definition) is 5. The van der Waals surface area contributed by atoms with Crippen molar-refractivity contribution in [1.29, 1.82) is 0 Å². The number of carbonyl (C=O) groups excluding carboxylic acids is 1. The normalized spacial score (nSPS) is 13.7. The second-order valence-electron chi connectivity index (χ2n) is 12.2. The fourth-order valence-electron chi connectivity index (χ4n) is 6.63. The number of rotatable bonds is 14. The Morgan fingerprint density at radius 1 is 0.729 bits per heavy atom. The van der Waals surface area contributed by atoms with Gasteiger partial charge in [0.1, 0.15) is 11.5 Å². The third-order valence-electron chi connectivity index (χ3n) is 9.17. The van der Waals surface area contributed by atoms with Crippen LogP contribution in [0.2, 0.25) is 0 Å². The zero-order valence-corrected chi connectivity index (χ0v) is 28.3. The number of esters is 1. The quantitative estimate of drug-likeness (QED) is 0.0877. The number of methoxy groups -OCH3 is 1. The minimum atomic E-state index is -4.46. The van der Waals surface area contributed by atoms with Gasteiger partial charge in [-0.25, -0.2) is 4.79 Å². The Labute approximate surface area is 282 Å². The number of benzene rings is 4. The lowest BCUT2D eigenvalue weighted by Crippen LogP contribution is -2.23. The molecule has 5 nitrogen and oxygen atoms in total. The van der Waals surface area contributed by atoms with Crippen molar-refractivity contribution in [3.8, 4) is 11.5 Å². The molecule has 0 aromatic heterocycles. The summed E-state index contributed by atoms with van der Waals surface area (Å²) in [6.45, 7) is 8.63. The van der Waals surface area contributed by atoms with Crippen LogP contribution in [0.25, 0.3) is 0 Å². The molecule has 0 spiro atoms. The summed E-state index contributed by atoms with van der Waals surface area (Å²) >= 11 is 0. The molecule has 4 aromatic carbocycles. The SMILES string of the molecule is CCCCCCCCN(c1cccc(C(F)(F)F)c1)c1ccc2c(c1)C(c1ccccc1C(=O)OC)c1ccc(N(CC)CC)cc1O2. The molecule has 0 saturated carbocycles. The van der Waals surface area contributed by atoms with Gasteiger partial charge in [-0.05, 0) is 74.4 Å². The van der Waals surface area contributed by atoms with Gasteiger partial charge in [0.25, 0.3) is 0 Å². The topological polar surface area (TPSA) is 42.0 Å². The van der Waals surface area contributed by atoms with Gasteiger partial charge in [-0.1, -0.05) is 69.4 Å². The van der Waals surface area contributed by atoms with Crippen molar-refractivity contribution in [3.05, 3.63) is 113 Å². The molecular weight excluding hydrogens is 613 g/mol. The Bertz CT molecular complexity index is 1700. The molecule has 48 heavy (non-hydrogen) atoms. The third-order valence-corrected chi connectivity index (χ3v) is 9.17. The summed E-state index contributed by atoms with van der Waals surface area (Å²) in [5, 5.41) is 0. The van der Waals surface area contributed by atoms with Crippen LogP contribution in [-0.4, -0.2) is 32.7 Å². The lowest BCUT2D eigenvalue weighted by atomic mass is 9.80. The van der Waals surface area contributed by atoms with Gasteiger partial charge >= 0.3 is 12.1 Å². The monoisotopic (exact) mass is 658 g/mol. The van der Waals surface area contributed by atoms with E-state index < -0.39 is 17.7 Å². The molecular formula is C40H45F3N2O3. The van der Waals surface area contributed by atoms with Crippen LogP contribution in [0.3, 0.4) is 0 Å². The first-order valence-electron chi connectivity index (χ1n) is 17.0. The summed E-state index contributed by atoms with van der Waals surface area (Å²) in [6.07, 6.45) is 1.91. The molecule has 0 N–H and O–H groups in total. The molecule has 1 aliphatic rings. The largest absolute Gasteiger partial charge is 0.465 e. The Morgan fingerprint density at radius 2 is 1.44 bits per heavy atom. The van der Waals surface area contributed by atoms with Crippen LogP contribution in [-0.2, 0) is 10.9 Å². The predicted molar refractivity (Wildman–Crippen MR) is 187 cm³/mol. The van der Waals surface area contributed by atoms with Gasteiger partial charge in [-0.3, -0.25) is 0 Å². The molecule has 1 atom stereocenters. The zero-order valence-electron chi connectivity index (χ0n) is 28.3. The van der Waals surface area contributed by atoms with Crippen molar-refractivity contribution >= 4 is 23.0 Å². The Balaban J connectivity index is 1.63. The Hall–Kier alpha value is -4.46. The van der Waals surface area contributed by atoms with Gasteiger partial charge in [0, 0.05) is 59.8 Å². The first-order chi connectivity index (χ1) is 23.2. The predicted octanol–water partition coefficient (Wildman–Crippen LogP) is 11.1. The number of anilines is 3. The highest BCUT2D eigenvalue weighted by molar-refractivity contribution is 5.92. The van der Waals surface area contributed by atoms with Crippen molar-refractivity contribution in [3.63, 3.8) is 0 Å². The summed E-state index contributed by atoms with van der Waals surface area (Å²) in [5.74, 6) is 0.509. The van der Waals surface area contributed by atoms with Crippen LogP contribution in [0.15, 0.2) is 84.9 Å². The van der Waals surface area contributed by atoms with Gasteiger partial charge in [-0.15, -0.1) is 0 Å². The van der Waals surface area contributed by atoms with E-state index in [1.165, 1.54) is 25.7 Å². The number of alkyl halides is 3. The van der Waals surface area contributed by atoms with E-state index in [9.17, 15) is 18.0 Å². The fourth-order valence-corrected chi connectivity index (χ4v) is 6.63. The van der Waals surface area contributed by atoms with Crippen LogP contribution < -0.4 is 14.5 Å². The lowest BCUT2D eigenvalue weighted by Gasteiger charge is -2.33. The zero-order chi connectivity index (χ0) is 34.3. The van der Waals surface area contributed by atoms with Crippen LogP contribution in [0.4, 0.5) is 30.2 Å². The van der Waals surface area contributed by atoms with Crippen LogP contribution in [0.5, 0.6) is 11.5 Å². The highest BCUT2D eigenvalue weighted by Gasteiger charge is 2.34. The minimum Gasteiger partial charge on any atom is -0.465 e. The molecule has 5 rings (SSSR count). The second kappa shape index (κ2) is 15.6. The van der Waals surface area contributed by atoms with Crippen molar-refractivity contribution in [1.82, 2.24) is 0 Å². The molecule has 4 aromatic rings. The molecule has 0 aliphatic carbocycles. The van der Waals surface area contributed by atoms with E-state index in [2.05, 4.69) is 37.8 Å². The van der Waals surface area contributed by atoms with Gasteiger partial charge in [-0.2, -0.15) is 13.2 Å². The molecule has 1 unspecified atom stereocenters. The number of fused-ring (bicyclic) bond motifs is 2. The van der Waals surface area contributed by atoms with Crippen molar-refractivity contribution < 1.29 is 27.4 Å². The van der Waals surface area contributed by atoms with Crippen LogP contribution in [0, 0.1) is 0 Å². The number of unbranched alkanes of at least 4 members (excludes halogenated alkanes) is 5. The van der Waals surface area contributed by atoms with Crippen LogP contribution in [0.1, 0.15) is 97.8 Å². The molecule has 1 heterocycles. The van der Waals surface area contributed by atoms with E-state index in [0.717, 1.165) is 79.3 Å². The number of nitrogens with zero attached hydrogens (tertiary/aromatic N) is 2. The van der Waals surface area contributed by atoms with E-state index in [1.807, 2.05) is 47.4 Å². The van der Waals surface area contributed by atoms with Crippen LogP contribution >= 0.6 is 0 Å².